The van der Waals surface area contributed by atoms with Gasteiger partial charge in [0.25, 0.3) is 0 Å². The number of amides is 3. The van der Waals surface area contributed by atoms with E-state index in [2.05, 4.69) is 10.6 Å². The lowest BCUT2D eigenvalue weighted by atomic mass is 9.91. The Kier molecular flexibility index (Phi) is 12.5. The number of carbonyl (C=O) groups excluding carboxylic acids is 3. The Balaban J connectivity index is 1.37. The normalized spacial score (nSPS) is 18.4. The zero-order valence-corrected chi connectivity index (χ0v) is 27.1. The van der Waals surface area contributed by atoms with Crippen LogP contribution in [0.5, 0.6) is 11.5 Å². The van der Waals surface area contributed by atoms with Crippen molar-refractivity contribution >= 4 is 41.4 Å². The molecular weight excluding hydrogens is 583 g/mol. The van der Waals surface area contributed by atoms with Gasteiger partial charge in [0, 0.05) is 12.3 Å². The van der Waals surface area contributed by atoms with Gasteiger partial charge in [0.05, 0.1) is 5.88 Å². The summed E-state index contributed by atoms with van der Waals surface area (Å²) in [4.78, 5) is 41.4. The van der Waals surface area contributed by atoms with E-state index in [0.717, 1.165) is 22.8 Å². The van der Waals surface area contributed by atoms with Crippen molar-refractivity contribution in [3.63, 3.8) is 0 Å². The summed E-state index contributed by atoms with van der Waals surface area (Å²) >= 11 is 3.32. The zero-order valence-electron chi connectivity index (χ0n) is 25.5. The molecule has 3 amide bonds. The number of benzene rings is 2. The van der Waals surface area contributed by atoms with Crippen molar-refractivity contribution in [1.29, 1.82) is 0 Å². The van der Waals surface area contributed by atoms with Crippen molar-refractivity contribution in [2.24, 2.45) is 5.92 Å². The molecule has 1 aliphatic heterocycles. The maximum atomic E-state index is 13.5. The molecular formula is C33H45N3O5S2. The zero-order chi connectivity index (χ0) is 30.7. The van der Waals surface area contributed by atoms with Crippen LogP contribution in [-0.2, 0) is 20.9 Å². The largest absolute Gasteiger partial charge is 0.457 e. The van der Waals surface area contributed by atoms with Crippen LogP contribution in [0, 0.1) is 5.92 Å². The van der Waals surface area contributed by atoms with E-state index < -0.39 is 23.8 Å². The smallest absolute Gasteiger partial charge is 0.411 e. The summed E-state index contributed by atoms with van der Waals surface area (Å²) in [7, 11) is 0. The quantitative estimate of drug-likeness (QED) is 0.290. The first kappa shape index (κ1) is 33.1. The summed E-state index contributed by atoms with van der Waals surface area (Å²) in [5.41, 5.74) is 0.263. The highest BCUT2D eigenvalue weighted by Gasteiger charge is 2.36. The topological polar surface area (TPSA) is 97.0 Å². The molecule has 2 aromatic carbocycles. The van der Waals surface area contributed by atoms with E-state index >= 15 is 0 Å². The predicted molar refractivity (Wildman–Crippen MR) is 174 cm³/mol. The van der Waals surface area contributed by atoms with Gasteiger partial charge in [-0.2, -0.15) is 11.8 Å². The Morgan fingerprint density at radius 3 is 2.37 bits per heavy atom. The van der Waals surface area contributed by atoms with E-state index in [0.29, 0.717) is 36.3 Å². The Labute approximate surface area is 264 Å². The lowest BCUT2D eigenvalue weighted by Gasteiger charge is -2.36. The molecule has 8 nitrogen and oxygen atoms in total. The second-order valence-corrected chi connectivity index (χ2v) is 14.3. The van der Waals surface area contributed by atoms with E-state index in [1.165, 1.54) is 37.0 Å². The number of carbonyl (C=O) groups is 3. The summed E-state index contributed by atoms with van der Waals surface area (Å²) < 4.78 is 11.4. The van der Waals surface area contributed by atoms with Gasteiger partial charge in [-0.25, -0.2) is 4.79 Å². The molecule has 1 heterocycles. The molecule has 0 bridgehead atoms. The van der Waals surface area contributed by atoms with Gasteiger partial charge in [-0.05, 0) is 87.3 Å². The number of rotatable bonds is 11. The molecule has 234 valence electrons. The van der Waals surface area contributed by atoms with Gasteiger partial charge in [0.2, 0.25) is 11.8 Å². The van der Waals surface area contributed by atoms with Gasteiger partial charge in [-0.1, -0.05) is 49.6 Å². The molecule has 2 aliphatic rings. The highest BCUT2D eigenvalue weighted by molar-refractivity contribution is 7.99. The number of hydrogen-bond donors (Lipinski definition) is 2. The fourth-order valence-corrected chi connectivity index (χ4v) is 7.42. The van der Waals surface area contributed by atoms with Crippen LogP contribution in [0.2, 0.25) is 0 Å². The van der Waals surface area contributed by atoms with Crippen LogP contribution in [0.25, 0.3) is 0 Å². The van der Waals surface area contributed by atoms with E-state index in [4.69, 9.17) is 9.47 Å². The first-order valence-electron chi connectivity index (χ1n) is 15.2. The fraction of sp³-hybridized carbons (Fsp3) is 0.545. The predicted octanol–water partition coefficient (Wildman–Crippen LogP) is 6.59. The first-order chi connectivity index (χ1) is 20.7. The molecule has 2 aromatic rings. The molecule has 1 saturated carbocycles. The Hall–Kier alpha value is -2.85. The summed E-state index contributed by atoms with van der Waals surface area (Å²) in [5.74, 6) is 4.18. The molecule has 2 fully saturated rings. The maximum Gasteiger partial charge on any atom is 0.411 e. The number of hydrogen-bond acceptors (Lipinski definition) is 7. The van der Waals surface area contributed by atoms with Crippen molar-refractivity contribution in [3.05, 3.63) is 60.2 Å². The summed E-state index contributed by atoms with van der Waals surface area (Å²) in [5, 5.41) is 6.01. The first-order valence-corrected chi connectivity index (χ1v) is 17.5. The van der Waals surface area contributed by atoms with Crippen LogP contribution in [0.3, 0.4) is 0 Å². The highest BCUT2D eigenvalue weighted by atomic mass is 32.2. The van der Waals surface area contributed by atoms with E-state index in [9.17, 15) is 14.4 Å². The molecule has 1 aliphatic carbocycles. The van der Waals surface area contributed by atoms with Gasteiger partial charge in [0.15, 0.2) is 0 Å². The second kappa shape index (κ2) is 16.3. The molecule has 43 heavy (non-hydrogen) atoms. The average Bonchev–Trinajstić information content (AvgIpc) is 3.00. The van der Waals surface area contributed by atoms with Gasteiger partial charge in [-0.15, -0.1) is 11.8 Å². The van der Waals surface area contributed by atoms with E-state index in [-0.39, 0.29) is 11.8 Å². The molecule has 10 heteroatoms. The molecule has 0 aromatic heterocycles. The molecule has 0 spiro atoms. The monoisotopic (exact) mass is 627 g/mol. The summed E-state index contributed by atoms with van der Waals surface area (Å²) in [6.07, 6.45) is 6.29. The number of thioether (sulfide) groups is 2. The van der Waals surface area contributed by atoms with Crippen molar-refractivity contribution in [1.82, 2.24) is 15.5 Å². The number of ether oxygens (including phenoxy) is 2. The van der Waals surface area contributed by atoms with Crippen molar-refractivity contribution in [3.8, 4) is 11.5 Å². The van der Waals surface area contributed by atoms with E-state index in [1.54, 1.807) is 23.5 Å². The van der Waals surface area contributed by atoms with Crippen molar-refractivity contribution < 1.29 is 23.9 Å². The Bertz CT molecular complexity index is 1180. The van der Waals surface area contributed by atoms with Gasteiger partial charge in [0.1, 0.15) is 29.2 Å². The van der Waals surface area contributed by atoms with Gasteiger partial charge >= 0.3 is 6.09 Å². The summed E-state index contributed by atoms with van der Waals surface area (Å²) in [6, 6.07) is 15.8. The molecule has 1 unspecified atom stereocenters. The minimum Gasteiger partial charge on any atom is -0.457 e. The van der Waals surface area contributed by atoms with Crippen LogP contribution in [0.15, 0.2) is 54.6 Å². The maximum absolute atomic E-state index is 13.5. The third-order valence-electron chi connectivity index (χ3n) is 7.44. The van der Waals surface area contributed by atoms with Gasteiger partial charge in [-0.3, -0.25) is 14.5 Å². The van der Waals surface area contributed by atoms with Crippen LogP contribution in [-0.4, -0.2) is 63.6 Å². The Morgan fingerprint density at radius 2 is 1.67 bits per heavy atom. The third-order valence-corrected chi connectivity index (χ3v) is 9.70. The van der Waals surface area contributed by atoms with Crippen molar-refractivity contribution in [2.45, 2.75) is 83.5 Å². The number of nitrogens with one attached hydrogen (secondary N) is 2. The third kappa shape index (κ3) is 11.0. The molecule has 1 saturated heterocycles. The highest BCUT2D eigenvalue weighted by Crippen LogP contribution is 2.28. The lowest BCUT2D eigenvalue weighted by Crippen LogP contribution is -2.57. The number of nitrogens with zero attached hydrogens (tertiary/aromatic N) is 1. The SMILES string of the molecule is CC(C)(C)OC(=O)N1CSCCC1C(=O)N[C@@H](CSCC1CCCCC1)C(=O)NCc1ccc(Oc2ccccc2)cc1. The minimum atomic E-state index is -0.711. The van der Waals surface area contributed by atoms with Gasteiger partial charge < -0.3 is 20.1 Å². The molecule has 4 rings (SSSR count). The fourth-order valence-electron chi connectivity index (χ4n) is 5.15. The van der Waals surface area contributed by atoms with Crippen LogP contribution < -0.4 is 15.4 Å². The minimum absolute atomic E-state index is 0.233. The standard InChI is InChI=1S/C33H45N3O5S2/c1-33(2,3)41-32(39)36-23-42-19-18-29(36)31(38)35-28(22-43-21-25-10-6-4-7-11-25)30(37)34-20-24-14-16-27(17-15-24)40-26-12-8-5-9-13-26/h5,8-9,12-17,25,28-29H,4,6-7,10-11,18-23H2,1-3H3,(H,34,37)(H,35,38)/t28-,29?/m0/s1. The van der Waals surface area contributed by atoms with E-state index in [1.807, 2.05) is 75.4 Å². The van der Waals surface area contributed by atoms with Crippen LogP contribution >= 0.6 is 23.5 Å². The number of para-hydroxylation sites is 1. The lowest BCUT2D eigenvalue weighted by molar-refractivity contribution is -0.131. The molecule has 2 N–H and O–H groups in total. The average molecular weight is 628 g/mol. The van der Waals surface area contributed by atoms with Crippen LogP contribution in [0.4, 0.5) is 4.79 Å². The Morgan fingerprint density at radius 1 is 0.977 bits per heavy atom. The van der Waals surface area contributed by atoms with Crippen molar-refractivity contribution in [2.75, 3.05) is 23.1 Å². The molecule has 2 atom stereocenters. The molecule has 0 radical (unpaired) electrons. The van der Waals surface area contributed by atoms with Crippen LogP contribution in [0.1, 0.15) is 64.9 Å². The second-order valence-electron chi connectivity index (χ2n) is 12.2. The summed E-state index contributed by atoms with van der Waals surface area (Å²) in [6.45, 7) is 5.76.